The molecular formula is C12H16N2O3S3. The number of aryl methyl sites for hydroxylation is 1. The highest BCUT2D eigenvalue weighted by atomic mass is 32.2. The number of thiophene rings is 1. The van der Waals surface area contributed by atoms with Crippen molar-refractivity contribution in [3.63, 3.8) is 0 Å². The molecule has 1 N–H and O–H groups in total. The summed E-state index contributed by atoms with van der Waals surface area (Å²) in [6.07, 6.45) is 0.658. The van der Waals surface area contributed by atoms with Gasteiger partial charge in [-0.1, -0.05) is 17.4 Å². The van der Waals surface area contributed by atoms with Gasteiger partial charge in [0.25, 0.3) is 10.0 Å². The molecule has 2 rings (SSSR count). The van der Waals surface area contributed by atoms with Crippen molar-refractivity contribution < 1.29 is 8.42 Å². The second-order valence-electron chi connectivity index (χ2n) is 4.58. The average molecular weight is 332 g/mol. The van der Waals surface area contributed by atoms with E-state index in [2.05, 4.69) is 4.98 Å². The van der Waals surface area contributed by atoms with Gasteiger partial charge in [-0.25, -0.2) is 8.42 Å². The van der Waals surface area contributed by atoms with Crippen LogP contribution in [0.15, 0.2) is 26.5 Å². The number of aromatic nitrogens is 1. The lowest BCUT2D eigenvalue weighted by molar-refractivity contribution is 0.389. The standard InChI is InChI=1S/C12H16N2O3S3/c1-8(7-10-5-4-6-18-10)14(3)20(16,17)11-9(2)13-12(15)19-11/h4-6,8H,7H2,1-3H3,(H,13,15). The van der Waals surface area contributed by atoms with E-state index in [-0.39, 0.29) is 15.1 Å². The SMILES string of the molecule is Cc1[nH]c(=O)sc1S(=O)(=O)N(C)C(C)Cc1cccs1. The number of likely N-dealkylation sites (N-methyl/N-ethyl adjacent to an activating group) is 1. The summed E-state index contributed by atoms with van der Waals surface area (Å²) in [5, 5.41) is 1.97. The lowest BCUT2D eigenvalue weighted by atomic mass is 10.2. The van der Waals surface area contributed by atoms with Gasteiger partial charge < -0.3 is 4.98 Å². The van der Waals surface area contributed by atoms with Crippen molar-refractivity contribution in [2.75, 3.05) is 7.05 Å². The van der Waals surface area contributed by atoms with E-state index in [4.69, 9.17) is 0 Å². The molecule has 2 aromatic rings. The van der Waals surface area contributed by atoms with Crippen LogP contribution >= 0.6 is 22.7 Å². The molecule has 1 unspecified atom stereocenters. The summed E-state index contributed by atoms with van der Waals surface area (Å²) < 4.78 is 26.5. The average Bonchev–Trinajstić information content (AvgIpc) is 2.98. The Balaban J connectivity index is 2.25. The first-order valence-corrected chi connectivity index (χ1v) is 9.16. The largest absolute Gasteiger partial charge is 0.315 e. The van der Waals surface area contributed by atoms with Crippen LogP contribution in [0, 0.1) is 6.92 Å². The normalized spacial score (nSPS) is 13.8. The first kappa shape index (κ1) is 15.4. The minimum absolute atomic E-state index is 0.100. The van der Waals surface area contributed by atoms with Crippen molar-refractivity contribution in [2.45, 2.75) is 30.5 Å². The molecule has 0 aliphatic carbocycles. The van der Waals surface area contributed by atoms with Gasteiger partial charge in [0.05, 0.1) is 0 Å². The molecule has 5 nitrogen and oxygen atoms in total. The van der Waals surface area contributed by atoms with E-state index in [0.717, 1.165) is 16.2 Å². The Hall–Kier alpha value is -0.960. The molecule has 0 radical (unpaired) electrons. The van der Waals surface area contributed by atoms with Crippen LogP contribution in [0.4, 0.5) is 0 Å². The number of nitrogens with zero attached hydrogens (tertiary/aromatic N) is 1. The van der Waals surface area contributed by atoms with Crippen molar-refractivity contribution in [1.82, 2.24) is 9.29 Å². The monoisotopic (exact) mass is 332 g/mol. The first-order chi connectivity index (χ1) is 9.32. The van der Waals surface area contributed by atoms with Crippen LogP contribution < -0.4 is 4.87 Å². The molecule has 1 atom stereocenters. The topological polar surface area (TPSA) is 70.2 Å². The fraction of sp³-hybridized carbons (Fsp3) is 0.417. The minimum atomic E-state index is -3.63. The van der Waals surface area contributed by atoms with E-state index in [0.29, 0.717) is 12.1 Å². The minimum Gasteiger partial charge on any atom is -0.315 e. The van der Waals surface area contributed by atoms with Crippen LogP contribution in [0.3, 0.4) is 0 Å². The van der Waals surface area contributed by atoms with Gasteiger partial charge in [-0.15, -0.1) is 11.3 Å². The third-order valence-corrected chi connectivity index (χ3v) is 7.54. The highest BCUT2D eigenvalue weighted by Crippen LogP contribution is 2.23. The number of rotatable bonds is 5. The van der Waals surface area contributed by atoms with Crippen LogP contribution in [0.25, 0.3) is 0 Å². The Kier molecular flexibility index (Phi) is 4.48. The maximum atomic E-state index is 12.5. The van der Waals surface area contributed by atoms with Crippen molar-refractivity contribution in [3.8, 4) is 0 Å². The molecule has 0 bridgehead atoms. The molecule has 0 fully saturated rings. The van der Waals surface area contributed by atoms with Crippen molar-refractivity contribution in [1.29, 1.82) is 0 Å². The molecule has 0 aliphatic rings. The summed E-state index contributed by atoms with van der Waals surface area (Å²) in [7, 11) is -2.07. The Morgan fingerprint density at radius 3 is 2.65 bits per heavy atom. The van der Waals surface area contributed by atoms with Crippen molar-refractivity contribution >= 4 is 32.7 Å². The number of aromatic amines is 1. The number of nitrogens with one attached hydrogen (secondary N) is 1. The fourth-order valence-electron chi connectivity index (χ4n) is 1.85. The Morgan fingerprint density at radius 1 is 1.45 bits per heavy atom. The molecule has 0 saturated heterocycles. The third kappa shape index (κ3) is 3.03. The number of H-pyrrole nitrogens is 1. The van der Waals surface area contributed by atoms with Crippen molar-refractivity contribution in [2.24, 2.45) is 0 Å². The third-order valence-electron chi connectivity index (χ3n) is 3.09. The van der Waals surface area contributed by atoms with Crippen LogP contribution in [0.2, 0.25) is 0 Å². The summed E-state index contributed by atoms with van der Waals surface area (Å²) in [4.78, 5) is 14.6. The van der Waals surface area contributed by atoms with Gasteiger partial charge in [0.1, 0.15) is 0 Å². The van der Waals surface area contributed by atoms with Crippen molar-refractivity contribution in [3.05, 3.63) is 37.8 Å². The number of hydrogen-bond acceptors (Lipinski definition) is 5. The zero-order valence-electron chi connectivity index (χ0n) is 11.4. The molecule has 0 saturated carbocycles. The molecule has 0 aliphatic heterocycles. The first-order valence-electron chi connectivity index (χ1n) is 6.02. The molecule has 0 amide bonds. The van der Waals surface area contributed by atoms with Crippen LogP contribution in [0.1, 0.15) is 17.5 Å². The highest BCUT2D eigenvalue weighted by molar-refractivity contribution is 7.91. The van der Waals surface area contributed by atoms with Gasteiger partial charge in [0.2, 0.25) is 0 Å². The molecule has 0 spiro atoms. The lowest BCUT2D eigenvalue weighted by Gasteiger charge is -2.23. The van der Waals surface area contributed by atoms with Crippen LogP contribution in [-0.4, -0.2) is 30.8 Å². The van der Waals surface area contributed by atoms with Gasteiger partial charge in [0, 0.05) is 23.7 Å². The van der Waals surface area contributed by atoms with E-state index < -0.39 is 10.0 Å². The quantitative estimate of drug-likeness (QED) is 0.911. The molecule has 2 aromatic heterocycles. The number of hydrogen-bond donors (Lipinski definition) is 1. The summed E-state index contributed by atoms with van der Waals surface area (Å²) in [6.45, 7) is 3.46. The summed E-state index contributed by atoms with van der Waals surface area (Å²) in [6, 6.07) is 3.76. The van der Waals surface area contributed by atoms with Crippen LogP contribution in [0.5, 0.6) is 0 Å². The van der Waals surface area contributed by atoms with E-state index in [9.17, 15) is 13.2 Å². The Bertz CT molecular complexity index is 728. The number of sulfonamides is 1. The number of thiazole rings is 1. The second kappa shape index (κ2) is 5.80. The predicted molar refractivity (Wildman–Crippen MR) is 82.1 cm³/mol. The molecule has 0 aromatic carbocycles. The second-order valence-corrected chi connectivity index (χ2v) is 8.79. The smallest absolute Gasteiger partial charge is 0.305 e. The Morgan fingerprint density at radius 2 is 2.15 bits per heavy atom. The Labute approximate surface area is 125 Å². The van der Waals surface area contributed by atoms with E-state index >= 15 is 0 Å². The summed E-state index contributed by atoms with van der Waals surface area (Å²) in [5.41, 5.74) is 0.398. The van der Waals surface area contributed by atoms with Gasteiger partial charge in [-0.2, -0.15) is 4.31 Å². The molecule has 8 heteroatoms. The predicted octanol–water partition coefficient (Wildman–Crippen LogP) is 2.06. The highest BCUT2D eigenvalue weighted by Gasteiger charge is 2.29. The molecule has 110 valence electrons. The zero-order valence-corrected chi connectivity index (χ0v) is 13.9. The van der Waals surface area contributed by atoms with Gasteiger partial charge in [0.15, 0.2) is 4.21 Å². The van der Waals surface area contributed by atoms with E-state index in [1.54, 1.807) is 25.3 Å². The summed E-state index contributed by atoms with van der Waals surface area (Å²) >= 11 is 2.34. The maximum Gasteiger partial charge on any atom is 0.305 e. The molecular weight excluding hydrogens is 316 g/mol. The zero-order chi connectivity index (χ0) is 14.9. The van der Waals surface area contributed by atoms with E-state index in [1.165, 1.54) is 4.31 Å². The fourth-order valence-corrected chi connectivity index (χ4v) is 5.50. The van der Waals surface area contributed by atoms with E-state index in [1.807, 2.05) is 24.4 Å². The van der Waals surface area contributed by atoms with Crippen LogP contribution in [-0.2, 0) is 16.4 Å². The molecule has 20 heavy (non-hydrogen) atoms. The van der Waals surface area contributed by atoms with Gasteiger partial charge >= 0.3 is 4.87 Å². The lowest BCUT2D eigenvalue weighted by Crippen LogP contribution is -2.36. The van der Waals surface area contributed by atoms with Gasteiger partial charge in [-0.05, 0) is 31.7 Å². The maximum absolute atomic E-state index is 12.5. The van der Waals surface area contributed by atoms with Gasteiger partial charge in [-0.3, -0.25) is 4.79 Å². The summed E-state index contributed by atoms with van der Waals surface area (Å²) in [5.74, 6) is 0. The molecule has 2 heterocycles.